The minimum absolute atomic E-state index is 0.0467. The molecule has 192 valence electrons. The lowest BCUT2D eigenvalue weighted by Gasteiger charge is -2.27. The number of para-hydroxylation sites is 1. The number of aromatic nitrogens is 2. The minimum Gasteiger partial charge on any atom is -0.497 e. The second kappa shape index (κ2) is 11.2. The van der Waals surface area contributed by atoms with Crippen molar-refractivity contribution >= 4 is 11.9 Å². The van der Waals surface area contributed by atoms with Gasteiger partial charge in [-0.2, -0.15) is 9.78 Å². The van der Waals surface area contributed by atoms with Crippen molar-refractivity contribution in [3.8, 4) is 17.3 Å². The number of hydrogen-bond acceptors (Lipinski definition) is 6. The Labute approximate surface area is 208 Å². The predicted molar refractivity (Wildman–Crippen MR) is 130 cm³/mol. The van der Waals surface area contributed by atoms with Crippen LogP contribution in [0.4, 0.5) is 4.39 Å². The Morgan fingerprint density at radius 2 is 1.83 bits per heavy atom. The maximum Gasteiger partial charge on any atom is 0.305 e. The van der Waals surface area contributed by atoms with Crippen LogP contribution in [0.2, 0.25) is 0 Å². The summed E-state index contributed by atoms with van der Waals surface area (Å²) in [5, 5.41) is 26.9. The topological polar surface area (TPSA) is 123 Å². The number of aliphatic carboxylic acids is 1. The van der Waals surface area contributed by atoms with Gasteiger partial charge in [-0.15, -0.1) is 0 Å². The number of benzene rings is 2. The Hall–Kier alpha value is -3.92. The fourth-order valence-corrected chi connectivity index (χ4v) is 3.26. The molecule has 36 heavy (non-hydrogen) atoms. The highest BCUT2D eigenvalue weighted by Crippen LogP contribution is 2.26. The first-order chi connectivity index (χ1) is 17.0. The minimum atomic E-state index is -1.19. The van der Waals surface area contributed by atoms with Gasteiger partial charge in [-0.25, -0.2) is 4.39 Å². The quantitative estimate of drug-likeness (QED) is 0.367. The van der Waals surface area contributed by atoms with Crippen LogP contribution < -0.4 is 14.8 Å². The van der Waals surface area contributed by atoms with Crippen LogP contribution >= 0.6 is 0 Å². The van der Waals surface area contributed by atoms with Crippen LogP contribution in [0.1, 0.15) is 49.3 Å². The van der Waals surface area contributed by atoms with E-state index < -0.39 is 29.3 Å². The molecule has 10 heteroatoms. The van der Waals surface area contributed by atoms with Crippen molar-refractivity contribution in [2.24, 2.45) is 5.92 Å². The molecule has 0 radical (unpaired) electrons. The van der Waals surface area contributed by atoms with E-state index in [1.165, 1.54) is 31.4 Å². The third-order valence-corrected chi connectivity index (χ3v) is 5.95. The number of carbonyl (C=O) groups is 2. The third-order valence-electron chi connectivity index (χ3n) is 5.95. The van der Waals surface area contributed by atoms with Gasteiger partial charge in [-0.1, -0.05) is 38.1 Å². The standard InChI is InChI=1S/C26H30FN3O6/c1-16(2)26(3,34)15-36-23-13-21(29-30(23)22-8-6-5-7-19(22)27)25(33)28-20(14-24(31)32)17-9-11-18(35-4)12-10-17/h5-13,16,20,34H,14-15H2,1-4H3,(H,28,33)(H,31,32)/t20-,26-/m0/s1. The van der Waals surface area contributed by atoms with Crippen molar-refractivity contribution in [2.75, 3.05) is 13.7 Å². The van der Waals surface area contributed by atoms with Crippen LogP contribution in [0.25, 0.3) is 5.69 Å². The number of carbonyl (C=O) groups excluding carboxylic acids is 1. The van der Waals surface area contributed by atoms with Crippen molar-refractivity contribution in [2.45, 2.75) is 38.8 Å². The van der Waals surface area contributed by atoms with Gasteiger partial charge in [0.05, 0.1) is 25.2 Å². The Morgan fingerprint density at radius 1 is 1.17 bits per heavy atom. The maximum absolute atomic E-state index is 14.6. The normalized spacial score (nSPS) is 13.6. The second-order valence-electron chi connectivity index (χ2n) is 8.93. The number of ether oxygens (including phenoxy) is 2. The molecule has 0 saturated carbocycles. The van der Waals surface area contributed by atoms with Gasteiger partial charge >= 0.3 is 5.97 Å². The molecule has 1 heterocycles. The Kier molecular flexibility index (Phi) is 8.31. The van der Waals surface area contributed by atoms with Crippen molar-refractivity contribution < 1.29 is 33.7 Å². The van der Waals surface area contributed by atoms with Crippen molar-refractivity contribution in [1.29, 1.82) is 0 Å². The molecular weight excluding hydrogens is 469 g/mol. The summed E-state index contributed by atoms with van der Waals surface area (Å²) in [7, 11) is 1.51. The molecule has 0 bridgehead atoms. The highest BCUT2D eigenvalue weighted by atomic mass is 19.1. The number of methoxy groups -OCH3 is 1. The molecular formula is C26H30FN3O6. The lowest BCUT2D eigenvalue weighted by Crippen LogP contribution is -2.38. The zero-order valence-electron chi connectivity index (χ0n) is 20.6. The van der Waals surface area contributed by atoms with E-state index in [0.717, 1.165) is 4.68 Å². The summed E-state index contributed by atoms with van der Waals surface area (Å²) < 4.78 is 26.6. The molecule has 1 amide bonds. The van der Waals surface area contributed by atoms with Gasteiger partial charge in [-0.05, 0) is 42.7 Å². The number of amides is 1. The lowest BCUT2D eigenvalue weighted by atomic mass is 9.94. The fourth-order valence-electron chi connectivity index (χ4n) is 3.26. The van der Waals surface area contributed by atoms with Crippen molar-refractivity contribution in [3.63, 3.8) is 0 Å². The highest BCUT2D eigenvalue weighted by Gasteiger charge is 2.28. The molecule has 3 aromatic rings. The number of rotatable bonds is 11. The number of halogens is 1. The monoisotopic (exact) mass is 499 g/mol. The average molecular weight is 500 g/mol. The molecule has 0 aliphatic heterocycles. The molecule has 0 unspecified atom stereocenters. The van der Waals surface area contributed by atoms with Gasteiger partial charge in [0.1, 0.15) is 23.9 Å². The molecule has 3 rings (SSSR count). The summed E-state index contributed by atoms with van der Waals surface area (Å²) in [6.45, 7) is 5.15. The number of hydrogen-bond donors (Lipinski definition) is 3. The number of aliphatic hydroxyl groups is 1. The summed E-state index contributed by atoms with van der Waals surface area (Å²) >= 11 is 0. The lowest BCUT2D eigenvalue weighted by molar-refractivity contribution is -0.137. The molecule has 1 aromatic heterocycles. The maximum atomic E-state index is 14.6. The molecule has 0 aliphatic rings. The molecule has 9 nitrogen and oxygen atoms in total. The first-order valence-corrected chi connectivity index (χ1v) is 11.4. The molecule has 2 aromatic carbocycles. The smallest absolute Gasteiger partial charge is 0.305 e. The Morgan fingerprint density at radius 3 is 2.42 bits per heavy atom. The molecule has 0 saturated heterocycles. The summed E-state index contributed by atoms with van der Waals surface area (Å²) in [5.74, 6) is -1.87. The molecule has 0 spiro atoms. The Bertz CT molecular complexity index is 1210. The van der Waals surface area contributed by atoms with Crippen molar-refractivity contribution in [1.82, 2.24) is 15.1 Å². The van der Waals surface area contributed by atoms with Gasteiger partial charge in [0.25, 0.3) is 5.91 Å². The highest BCUT2D eigenvalue weighted by molar-refractivity contribution is 5.93. The molecule has 2 atom stereocenters. The van der Waals surface area contributed by atoms with Crippen LogP contribution in [0.15, 0.2) is 54.6 Å². The van der Waals surface area contributed by atoms with Crippen LogP contribution in [0, 0.1) is 11.7 Å². The van der Waals surface area contributed by atoms with Crippen LogP contribution in [-0.2, 0) is 4.79 Å². The summed E-state index contributed by atoms with van der Waals surface area (Å²) in [6.07, 6.45) is -0.368. The van der Waals surface area contributed by atoms with E-state index in [4.69, 9.17) is 9.47 Å². The van der Waals surface area contributed by atoms with Crippen LogP contribution in [-0.4, -0.2) is 51.2 Å². The van der Waals surface area contributed by atoms with Crippen LogP contribution in [0.5, 0.6) is 11.6 Å². The number of nitrogens with zero attached hydrogens (tertiary/aromatic N) is 2. The zero-order valence-corrected chi connectivity index (χ0v) is 20.6. The first kappa shape index (κ1) is 26.7. The SMILES string of the molecule is COc1ccc([C@H](CC(=O)O)NC(=O)c2cc(OC[C@](C)(O)C(C)C)n(-c3ccccc3F)n2)cc1. The predicted octanol–water partition coefficient (Wildman–Crippen LogP) is 3.75. The summed E-state index contributed by atoms with van der Waals surface area (Å²) in [6, 6.07) is 13.0. The van der Waals surface area contributed by atoms with E-state index >= 15 is 0 Å². The molecule has 3 N–H and O–H groups in total. The van der Waals surface area contributed by atoms with E-state index in [2.05, 4.69) is 10.4 Å². The first-order valence-electron chi connectivity index (χ1n) is 11.4. The second-order valence-corrected chi connectivity index (χ2v) is 8.93. The van der Waals surface area contributed by atoms with E-state index in [9.17, 15) is 24.2 Å². The average Bonchev–Trinajstić information content (AvgIpc) is 3.26. The zero-order chi connectivity index (χ0) is 26.5. The van der Waals surface area contributed by atoms with Gasteiger partial charge < -0.3 is 25.0 Å². The number of carboxylic acid groups (broad SMARTS) is 1. The fraction of sp³-hybridized carbons (Fsp3) is 0.346. The van der Waals surface area contributed by atoms with Gasteiger partial charge in [0, 0.05) is 6.07 Å². The van der Waals surface area contributed by atoms with E-state index in [1.807, 2.05) is 13.8 Å². The molecule has 0 fully saturated rings. The van der Waals surface area contributed by atoms with E-state index in [0.29, 0.717) is 11.3 Å². The Balaban J connectivity index is 1.93. The van der Waals surface area contributed by atoms with E-state index in [-0.39, 0.29) is 36.2 Å². The van der Waals surface area contributed by atoms with Crippen molar-refractivity contribution in [3.05, 3.63) is 71.7 Å². The number of nitrogens with one attached hydrogen (secondary N) is 1. The van der Waals surface area contributed by atoms with Gasteiger partial charge in [-0.3, -0.25) is 9.59 Å². The third kappa shape index (κ3) is 6.39. The summed E-state index contributed by atoms with van der Waals surface area (Å²) in [4.78, 5) is 24.6. The van der Waals surface area contributed by atoms with Gasteiger partial charge in [0.2, 0.25) is 5.88 Å². The van der Waals surface area contributed by atoms with Crippen LogP contribution in [0.3, 0.4) is 0 Å². The van der Waals surface area contributed by atoms with E-state index in [1.54, 1.807) is 37.3 Å². The largest absolute Gasteiger partial charge is 0.497 e. The summed E-state index contributed by atoms with van der Waals surface area (Å²) in [5.41, 5.74) is -0.688. The number of carboxylic acids is 1. The molecule has 0 aliphatic carbocycles. The van der Waals surface area contributed by atoms with Gasteiger partial charge in [0.15, 0.2) is 5.69 Å².